The van der Waals surface area contributed by atoms with Crippen LogP contribution in [0.25, 0.3) is 10.9 Å². The maximum atomic E-state index is 12.3. The van der Waals surface area contributed by atoms with Crippen LogP contribution < -0.4 is 15.4 Å². The van der Waals surface area contributed by atoms with Crippen molar-refractivity contribution in [3.8, 4) is 5.75 Å². The fraction of sp³-hybridized carbons (Fsp3) is 0.150. The van der Waals surface area contributed by atoms with Crippen molar-refractivity contribution < 1.29 is 14.3 Å². The molecular formula is C20H17N3O3. The van der Waals surface area contributed by atoms with Gasteiger partial charge in [0.15, 0.2) is 6.10 Å². The second kappa shape index (κ2) is 6.84. The highest BCUT2D eigenvalue weighted by Crippen LogP contribution is 2.28. The third-order valence-electron chi connectivity index (χ3n) is 4.27. The van der Waals surface area contributed by atoms with Crippen LogP contribution in [0.1, 0.15) is 5.56 Å². The molecule has 1 aromatic heterocycles. The van der Waals surface area contributed by atoms with E-state index < -0.39 is 6.10 Å². The SMILES string of the molecule is O=C(CNC(=O)[C@H]1Cc2ccccc2O1)Nc1cccc2cccnc12. The van der Waals surface area contributed by atoms with Gasteiger partial charge in [-0.15, -0.1) is 0 Å². The summed E-state index contributed by atoms with van der Waals surface area (Å²) in [5, 5.41) is 6.36. The van der Waals surface area contributed by atoms with E-state index in [0.717, 1.165) is 16.7 Å². The van der Waals surface area contributed by atoms with Gasteiger partial charge in [-0.25, -0.2) is 0 Å². The Labute approximate surface area is 150 Å². The van der Waals surface area contributed by atoms with Crippen molar-refractivity contribution in [2.75, 3.05) is 11.9 Å². The molecule has 2 amide bonds. The summed E-state index contributed by atoms with van der Waals surface area (Å²) in [6.07, 6.45) is 1.59. The van der Waals surface area contributed by atoms with Crippen LogP contribution in [0.3, 0.4) is 0 Å². The predicted octanol–water partition coefficient (Wildman–Crippen LogP) is 2.29. The van der Waals surface area contributed by atoms with Gasteiger partial charge in [-0.3, -0.25) is 14.6 Å². The maximum Gasteiger partial charge on any atom is 0.261 e. The highest BCUT2D eigenvalue weighted by Gasteiger charge is 2.28. The Bertz CT molecular complexity index is 956. The van der Waals surface area contributed by atoms with Crippen LogP contribution in [0.15, 0.2) is 60.8 Å². The summed E-state index contributed by atoms with van der Waals surface area (Å²) in [4.78, 5) is 28.7. The molecule has 0 aliphatic carbocycles. The van der Waals surface area contributed by atoms with Gasteiger partial charge in [0, 0.05) is 18.0 Å². The molecule has 0 unspecified atom stereocenters. The van der Waals surface area contributed by atoms with Gasteiger partial charge in [0.1, 0.15) is 5.75 Å². The van der Waals surface area contributed by atoms with E-state index >= 15 is 0 Å². The number of aromatic nitrogens is 1. The maximum absolute atomic E-state index is 12.3. The van der Waals surface area contributed by atoms with Gasteiger partial charge in [-0.1, -0.05) is 36.4 Å². The largest absolute Gasteiger partial charge is 0.480 e. The van der Waals surface area contributed by atoms with Crippen molar-refractivity contribution in [2.24, 2.45) is 0 Å². The molecule has 0 saturated heterocycles. The minimum absolute atomic E-state index is 0.127. The monoisotopic (exact) mass is 347 g/mol. The second-order valence-electron chi connectivity index (χ2n) is 6.07. The van der Waals surface area contributed by atoms with E-state index in [0.29, 0.717) is 17.6 Å². The van der Waals surface area contributed by atoms with E-state index in [1.807, 2.05) is 48.5 Å². The second-order valence-corrected chi connectivity index (χ2v) is 6.07. The van der Waals surface area contributed by atoms with Crippen molar-refractivity contribution in [2.45, 2.75) is 12.5 Å². The number of fused-ring (bicyclic) bond motifs is 2. The van der Waals surface area contributed by atoms with Crippen LogP contribution in [0.5, 0.6) is 5.75 Å². The normalized spacial score (nSPS) is 15.2. The van der Waals surface area contributed by atoms with E-state index in [4.69, 9.17) is 4.74 Å². The van der Waals surface area contributed by atoms with Crippen molar-refractivity contribution in [1.82, 2.24) is 10.3 Å². The summed E-state index contributed by atoms with van der Waals surface area (Å²) in [6.45, 7) is -0.127. The standard InChI is InChI=1S/C20H17N3O3/c24-18(23-15-8-3-6-13-7-4-10-21-19(13)15)12-22-20(25)17-11-14-5-1-2-9-16(14)26-17/h1-10,17H,11-12H2,(H,22,25)(H,23,24)/t17-/m1/s1. The summed E-state index contributed by atoms with van der Waals surface area (Å²) in [5.41, 5.74) is 2.33. The number of ether oxygens (including phenoxy) is 1. The van der Waals surface area contributed by atoms with Crippen LogP contribution >= 0.6 is 0 Å². The lowest BCUT2D eigenvalue weighted by molar-refractivity contribution is -0.129. The van der Waals surface area contributed by atoms with E-state index in [9.17, 15) is 9.59 Å². The Kier molecular flexibility index (Phi) is 4.23. The number of hydrogen-bond donors (Lipinski definition) is 2. The summed E-state index contributed by atoms with van der Waals surface area (Å²) in [6, 6.07) is 16.9. The van der Waals surface area contributed by atoms with Crippen molar-refractivity contribution in [3.05, 3.63) is 66.4 Å². The molecule has 1 aliphatic rings. The van der Waals surface area contributed by atoms with Gasteiger partial charge in [0.25, 0.3) is 5.91 Å². The van der Waals surface area contributed by atoms with Gasteiger partial charge in [-0.05, 0) is 23.8 Å². The number of pyridine rings is 1. The van der Waals surface area contributed by atoms with Gasteiger partial charge in [0.05, 0.1) is 17.7 Å². The number of amides is 2. The molecule has 6 nitrogen and oxygen atoms in total. The first-order chi connectivity index (χ1) is 12.7. The van der Waals surface area contributed by atoms with Crippen LogP contribution in [-0.2, 0) is 16.0 Å². The fourth-order valence-corrected chi connectivity index (χ4v) is 3.01. The first-order valence-corrected chi connectivity index (χ1v) is 8.36. The van der Waals surface area contributed by atoms with Gasteiger partial charge in [-0.2, -0.15) is 0 Å². The summed E-state index contributed by atoms with van der Waals surface area (Å²) < 4.78 is 5.62. The zero-order chi connectivity index (χ0) is 17.9. The molecule has 0 spiro atoms. The Balaban J connectivity index is 1.35. The number of nitrogens with one attached hydrogen (secondary N) is 2. The first kappa shape index (κ1) is 16.1. The van der Waals surface area contributed by atoms with Crippen molar-refractivity contribution in [1.29, 1.82) is 0 Å². The molecule has 1 aliphatic heterocycles. The third kappa shape index (κ3) is 3.21. The van der Waals surface area contributed by atoms with Crippen LogP contribution in [0, 0.1) is 0 Å². The van der Waals surface area contributed by atoms with Crippen LogP contribution in [0.2, 0.25) is 0 Å². The third-order valence-corrected chi connectivity index (χ3v) is 4.27. The Hall–Kier alpha value is -3.41. The first-order valence-electron chi connectivity index (χ1n) is 8.36. The van der Waals surface area contributed by atoms with Crippen LogP contribution in [-0.4, -0.2) is 29.4 Å². The zero-order valence-electron chi connectivity index (χ0n) is 13.9. The Morgan fingerprint density at radius 1 is 1.08 bits per heavy atom. The molecule has 0 radical (unpaired) electrons. The number of hydrogen-bond acceptors (Lipinski definition) is 4. The molecule has 26 heavy (non-hydrogen) atoms. The molecule has 0 saturated carbocycles. The number of rotatable bonds is 4. The summed E-state index contributed by atoms with van der Waals surface area (Å²) in [7, 11) is 0. The molecule has 4 rings (SSSR count). The fourth-order valence-electron chi connectivity index (χ4n) is 3.01. The van der Waals surface area contributed by atoms with E-state index in [1.54, 1.807) is 12.3 Å². The average Bonchev–Trinajstić information content (AvgIpc) is 3.11. The minimum Gasteiger partial charge on any atom is -0.480 e. The topological polar surface area (TPSA) is 80.3 Å². The lowest BCUT2D eigenvalue weighted by Crippen LogP contribution is -2.41. The van der Waals surface area contributed by atoms with E-state index in [-0.39, 0.29) is 18.4 Å². The minimum atomic E-state index is -0.598. The quantitative estimate of drug-likeness (QED) is 0.759. The van der Waals surface area contributed by atoms with E-state index in [2.05, 4.69) is 15.6 Å². The predicted molar refractivity (Wildman–Crippen MR) is 97.9 cm³/mol. The number of anilines is 1. The van der Waals surface area contributed by atoms with E-state index in [1.165, 1.54) is 0 Å². The number of carbonyl (C=O) groups excluding carboxylic acids is 2. The molecule has 2 aromatic carbocycles. The van der Waals surface area contributed by atoms with Gasteiger partial charge in [0.2, 0.25) is 5.91 Å². The lowest BCUT2D eigenvalue weighted by atomic mass is 10.1. The zero-order valence-corrected chi connectivity index (χ0v) is 13.9. The molecule has 3 aromatic rings. The Morgan fingerprint density at radius 2 is 1.92 bits per heavy atom. The smallest absolute Gasteiger partial charge is 0.261 e. The van der Waals surface area contributed by atoms with Crippen LogP contribution in [0.4, 0.5) is 5.69 Å². The molecule has 0 bridgehead atoms. The lowest BCUT2D eigenvalue weighted by Gasteiger charge is -2.12. The number of benzene rings is 2. The van der Waals surface area contributed by atoms with Gasteiger partial charge < -0.3 is 15.4 Å². The molecular weight excluding hydrogens is 330 g/mol. The summed E-state index contributed by atoms with van der Waals surface area (Å²) in [5.74, 6) is 0.110. The highest BCUT2D eigenvalue weighted by atomic mass is 16.5. The molecule has 0 fully saturated rings. The molecule has 2 heterocycles. The summed E-state index contributed by atoms with van der Waals surface area (Å²) >= 11 is 0. The van der Waals surface area contributed by atoms with Gasteiger partial charge >= 0.3 is 0 Å². The number of para-hydroxylation sites is 2. The number of nitrogens with zero attached hydrogens (tertiary/aromatic N) is 1. The highest BCUT2D eigenvalue weighted by molar-refractivity contribution is 6.02. The Morgan fingerprint density at radius 3 is 2.81 bits per heavy atom. The number of carbonyl (C=O) groups is 2. The molecule has 130 valence electrons. The van der Waals surface area contributed by atoms with Crippen molar-refractivity contribution >= 4 is 28.4 Å². The molecule has 1 atom stereocenters. The average molecular weight is 347 g/mol. The van der Waals surface area contributed by atoms with Crippen molar-refractivity contribution in [3.63, 3.8) is 0 Å². The molecule has 6 heteroatoms. The molecule has 2 N–H and O–H groups in total.